The zero-order valence-corrected chi connectivity index (χ0v) is 18.5. The molecule has 0 saturated carbocycles. The van der Waals surface area contributed by atoms with Gasteiger partial charge in [0, 0.05) is 0 Å². The second-order valence-electron chi connectivity index (χ2n) is 8.47. The van der Waals surface area contributed by atoms with E-state index in [-0.39, 0.29) is 0 Å². The van der Waals surface area contributed by atoms with Crippen LogP contribution in [-0.4, -0.2) is 0 Å². The summed E-state index contributed by atoms with van der Waals surface area (Å²) in [4.78, 5) is 0. The van der Waals surface area contributed by atoms with Crippen LogP contribution in [0.15, 0.2) is 121 Å². The topological polar surface area (TPSA) is 0 Å². The molecule has 5 rings (SSSR count). The Bertz CT molecular complexity index is 1220. The lowest BCUT2D eigenvalue weighted by atomic mass is 9.96. The molecule has 0 nitrogen and oxygen atoms in total. The van der Waals surface area contributed by atoms with Crippen LogP contribution in [0.1, 0.15) is 11.1 Å². The minimum absolute atomic E-state index is 1.24. The lowest BCUT2D eigenvalue weighted by molar-refractivity contribution is 1.47. The van der Waals surface area contributed by atoms with Gasteiger partial charge in [-0.2, -0.15) is 0 Å². The standard InChI is InChI=1S/C32H26/c1-23-6-10-25(11-7-23)27-14-18-29(19-15-27)31-4-3-5-32(22-31)30-20-16-28(17-21-30)26-12-8-24(2)9-13-26/h3-22H,1-2H3. The van der Waals surface area contributed by atoms with Crippen molar-refractivity contribution in [1.29, 1.82) is 0 Å². The van der Waals surface area contributed by atoms with E-state index in [0.29, 0.717) is 0 Å². The van der Waals surface area contributed by atoms with E-state index in [9.17, 15) is 0 Å². The first-order valence-corrected chi connectivity index (χ1v) is 11.1. The van der Waals surface area contributed by atoms with E-state index >= 15 is 0 Å². The smallest absolute Gasteiger partial charge is 0.0178 e. The van der Waals surface area contributed by atoms with Crippen molar-refractivity contribution < 1.29 is 0 Å². The highest BCUT2D eigenvalue weighted by atomic mass is 14.1. The normalized spacial score (nSPS) is 10.8. The lowest BCUT2D eigenvalue weighted by Crippen LogP contribution is -1.84. The Hall–Kier alpha value is -3.90. The molecule has 0 atom stereocenters. The second-order valence-corrected chi connectivity index (χ2v) is 8.47. The maximum Gasteiger partial charge on any atom is -0.0178 e. The second kappa shape index (κ2) is 8.69. The van der Waals surface area contributed by atoms with Gasteiger partial charge in [0.05, 0.1) is 0 Å². The van der Waals surface area contributed by atoms with Crippen LogP contribution in [0.25, 0.3) is 44.5 Å². The summed E-state index contributed by atoms with van der Waals surface area (Å²) in [7, 11) is 0. The summed E-state index contributed by atoms with van der Waals surface area (Å²) in [5, 5.41) is 0. The molecular formula is C32H26. The summed E-state index contributed by atoms with van der Waals surface area (Å²) in [6, 6.07) is 43.9. The van der Waals surface area contributed by atoms with E-state index in [4.69, 9.17) is 0 Å². The Morgan fingerprint density at radius 2 is 0.531 bits per heavy atom. The fourth-order valence-electron chi connectivity index (χ4n) is 4.08. The molecule has 0 N–H and O–H groups in total. The fraction of sp³-hybridized carbons (Fsp3) is 0.0625. The monoisotopic (exact) mass is 410 g/mol. The Morgan fingerprint density at radius 1 is 0.281 bits per heavy atom. The van der Waals surface area contributed by atoms with Gasteiger partial charge in [0.15, 0.2) is 0 Å². The molecule has 0 bridgehead atoms. The molecule has 0 aliphatic carbocycles. The van der Waals surface area contributed by atoms with E-state index in [1.807, 2.05) is 0 Å². The Labute approximate surface area is 190 Å². The van der Waals surface area contributed by atoms with E-state index in [0.717, 1.165) is 0 Å². The van der Waals surface area contributed by atoms with Gasteiger partial charge in [0.25, 0.3) is 0 Å². The van der Waals surface area contributed by atoms with E-state index in [1.54, 1.807) is 0 Å². The highest BCUT2D eigenvalue weighted by Gasteiger charge is 2.04. The summed E-state index contributed by atoms with van der Waals surface area (Å²) in [6.07, 6.45) is 0. The van der Waals surface area contributed by atoms with Crippen LogP contribution >= 0.6 is 0 Å². The van der Waals surface area contributed by atoms with Gasteiger partial charge in [-0.15, -0.1) is 0 Å². The van der Waals surface area contributed by atoms with Crippen molar-refractivity contribution in [2.45, 2.75) is 13.8 Å². The van der Waals surface area contributed by atoms with Crippen molar-refractivity contribution in [1.82, 2.24) is 0 Å². The quantitative estimate of drug-likeness (QED) is 0.277. The zero-order chi connectivity index (χ0) is 21.9. The van der Waals surface area contributed by atoms with Gasteiger partial charge in [-0.25, -0.2) is 0 Å². The molecule has 5 aromatic carbocycles. The first-order valence-electron chi connectivity index (χ1n) is 11.1. The SMILES string of the molecule is Cc1ccc(-c2ccc(-c3cccc(-c4ccc(-c5ccc(C)cc5)cc4)c3)cc2)cc1. The molecule has 0 fully saturated rings. The van der Waals surface area contributed by atoms with Crippen LogP contribution in [0.5, 0.6) is 0 Å². The zero-order valence-electron chi connectivity index (χ0n) is 18.5. The van der Waals surface area contributed by atoms with Crippen LogP contribution in [0.3, 0.4) is 0 Å². The predicted molar refractivity (Wildman–Crippen MR) is 138 cm³/mol. The molecule has 0 amide bonds. The van der Waals surface area contributed by atoms with Crippen LogP contribution in [0.2, 0.25) is 0 Å². The predicted octanol–water partition coefficient (Wildman–Crippen LogP) is 8.97. The fourth-order valence-corrected chi connectivity index (χ4v) is 4.08. The number of hydrogen-bond donors (Lipinski definition) is 0. The summed E-state index contributed by atoms with van der Waals surface area (Å²) in [6.45, 7) is 4.24. The van der Waals surface area contributed by atoms with E-state index < -0.39 is 0 Å². The summed E-state index contributed by atoms with van der Waals surface area (Å²) >= 11 is 0. The van der Waals surface area contributed by atoms with Crippen molar-refractivity contribution in [3.63, 3.8) is 0 Å². The van der Waals surface area contributed by atoms with Gasteiger partial charge >= 0.3 is 0 Å². The van der Waals surface area contributed by atoms with Gasteiger partial charge in [0.2, 0.25) is 0 Å². The number of rotatable bonds is 4. The summed E-state index contributed by atoms with van der Waals surface area (Å²) in [5.41, 5.74) is 12.5. The van der Waals surface area contributed by atoms with Crippen molar-refractivity contribution >= 4 is 0 Å². The minimum Gasteiger partial charge on any atom is -0.0610 e. The molecule has 0 spiro atoms. The van der Waals surface area contributed by atoms with Crippen LogP contribution in [0.4, 0.5) is 0 Å². The molecule has 0 aliphatic rings. The third kappa shape index (κ3) is 4.26. The summed E-state index contributed by atoms with van der Waals surface area (Å²) < 4.78 is 0. The third-order valence-corrected chi connectivity index (χ3v) is 6.07. The lowest BCUT2D eigenvalue weighted by Gasteiger charge is -2.09. The molecule has 0 aromatic heterocycles. The third-order valence-electron chi connectivity index (χ3n) is 6.07. The number of benzene rings is 5. The van der Waals surface area contributed by atoms with Gasteiger partial charge < -0.3 is 0 Å². The van der Waals surface area contributed by atoms with Crippen LogP contribution in [-0.2, 0) is 0 Å². The molecule has 0 unspecified atom stereocenters. The van der Waals surface area contributed by atoms with Gasteiger partial charge in [-0.1, -0.05) is 126 Å². The van der Waals surface area contributed by atoms with Crippen molar-refractivity contribution in [2.24, 2.45) is 0 Å². The molecule has 0 heteroatoms. The molecule has 0 radical (unpaired) electrons. The summed E-state index contributed by atoms with van der Waals surface area (Å²) in [5.74, 6) is 0. The van der Waals surface area contributed by atoms with E-state index in [2.05, 4.69) is 135 Å². The average molecular weight is 411 g/mol. The van der Waals surface area contributed by atoms with E-state index in [1.165, 1.54) is 55.6 Å². The molecule has 154 valence electrons. The number of hydrogen-bond acceptors (Lipinski definition) is 0. The maximum atomic E-state index is 2.28. The first-order chi connectivity index (χ1) is 15.7. The molecule has 0 aliphatic heterocycles. The Balaban J connectivity index is 1.39. The highest BCUT2D eigenvalue weighted by Crippen LogP contribution is 2.30. The molecule has 0 saturated heterocycles. The molecule has 0 heterocycles. The maximum absolute atomic E-state index is 2.28. The van der Waals surface area contributed by atoms with Crippen LogP contribution < -0.4 is 0 Å². The Kier molecular flexibility index (Phi) is 5.44. The van der Waals surface area contributed by atoms with Gasteiger partial charge in [0.1, 0.15) is 0 Å². The Morgan fingerprint density at radius 3 is 0.844 bits per heavy atom. The first kappa shape index (κ1) is 20.0. The molecular weight excluding hydrogens is 384 g/mol. The highest BCUT2D eigenvalue weighted by molar-refractivity contribution is 5.76. The van der Waals surface area contributed by atoms with Crippen molar-refractivity contribution in [3.05, 3.63) is 132 Å². The number of aryl methyl sites for hydroxylation is 2. The van der Waals surface area contributed by atoms with Crippen molar-refractivity contribution in [3.8, 4) is 44.5 Å². The average Bonchev–Trinajstić information content (AvgIpc) is 2.85. The van der Waals surface area contributed by atoms with Crippen molar-refractivity contribution in [2.75, 3.05) is 0 Å². The molecule has 32 heavy (non-hydrogen) atoms. The van der Waals surface area contributed by atoms with Gasteiger partial charge in [-0.05, 0) is 64.4 Å². The largest absolute Gasteiger partial charge is 0.0610 e. The minimum atomic E-state index is 1.24. The molecule has 5 aromatic rings. The van der Waals surface area contributed by atoms with Gasteiger partial charge in [-0.3, -0.25) is 0 Å². The van der Waals surface area contributed by atoms with Crippen LogP contribution in [0, 0.1) is 13.8 Å².